The van der Waals surface area contributed by atoms with Gasteiger partial charge in [0, 0.05) is 21.7 Å². The van der Waals surface area contributed by atoms with Crippen molar-refractivity contribution < 1.29 is 9.47 Å². The van der Waals surface area contributed by atoms with E-state index in [1.165, 1.54) is 5.56 Å². The average molecular weight is 419 g/mol. The summed E-state index contributed by atoms with van der Waals surface area (Å²) in [6, 6.07) is 23.8. The van der Waals surface area contributed by atoms with Crippen LogP contribution in [-0.2, 0) is 6.42 Å². The predicted molar refractivity (Wildman–Crippen MR) is 122 cm³/mol. The highest BCUT2D eigenvalue weighted by molar-refractivity contribution is 6.30. The van der Waals surface area contributed by atoms with Crippen LogP contribution in [0.5, 0.6) is 11.5 Å². The molecule has 30 heavy (non-hydrogen) atoms. The number of ether oxygens (including phenoxy) is 2. The normalized spacial score (nSPS) is 10.8. The van der Waals surface area contributed by atoms with Gasteiger partial charge in [-0.1, -0.05) is 24.6 Å². The third-order valence-corrected chi connectivity index (χ3v) is 5.35. The van der Waals surface area contributed by atoms with Crippen LogP contribution < -0.4 is 9.47 Å². The smallest absolute Gasteiger partial charge is 0.118 e. The van der Waals surface area contributed by atoms with Crippen molar-refractivity contribution in [3.05, 3.63) is 83.4 Å². The van der Waals surface area contributed by atoms with Crippen molar-refractivity contribution >= 4 is 11.6 Å². The molecule has 0 saturated heterocycles. The first kappa shape index (κ1) is 20.0. The van der Waals surface area contributed by atoms with Gasteiger partial charge in [-0.15, -0.1) is 0 Å². The molecule has 4 rings (SSSR count). The first-order valence-corrected chi connectivity index (χ1v) is 10.2. The van der Waals surface area contributed by atoms with Crippen molar-refractivity contribution in [3.8, 4) is 39.7 Å². The van der Waals surface area contributed by atoms with Crippen LogP contribution in [0.25, 0.3) is 28.2 Å². The van der Waals surface area contributed by atoms with E-state index in [0.29, 0.717) is 5.02 Å². The Kier molecular flexibility index (Phi) is 5.77. The molecule has 152 valence electrons. The zero-order valence-corrected chi connectivity index (χ0v) is 18.0. The molecule has 0 unspecified atom stereocenters. The van der Waals surface area contributed by atoms with Gasteiger partial charge < -0.3 is 9.47 Å². The maximum absolute atomic E-state index is 6.29. The van der Waals surface area contributed by atoms with E-state index in [1.807, 2.05) is 65.3 Å². The summed E-state index contributed by atoms with van der Waals surface area (Å²) in [6.07, 6.45) is 0.837. The minimum atomic E-state index is 0.674. The Balaban J connectivity index is 1.95. The minimum Gasteiger partial charge on any atom is -0.497 e. The van der Waals surface area contributed by atoms with Gasteiger partial charge in [0.05, 0.1) is 31.3 Å². The van der Waals surface area contributed by atoms with Gasteiger partial charge >= 0.3 is 0 Å². The Morgan fingerprint density at radius 2 is 1.43 bits per heavy atom. The van der Waals surface area contributed by atoms with E-state index in [4.69, 9.17) is 26.2 Å². The second-order valence-electron chi connectivity index (χ2n) is 6.88. The Bertz CT molecular complexity index is 1150. The fourth-order valence-electron chi connectivity index (χ4n) is 3.61. The van der Waals surface area contributed by atoms with Crippen molar-refractivity contribution in [2.75, 3.05) is 14.2 Å². The summed E-state index contributed by atoms with van der Waals surface area (Å²) < 4.78 is 12.6. The van der Waals surface area contributed by atoms with E-state index in [0.717, 1.165) is 46.1 Å². The molecule has 0 aliphatic carbocycles. The predicted octanol–water partition coefficient (Wildman–Crippen LogP) is 6.44. The molecule has 0 aliphatic heterocycles. The molecule has 0 radical (unpaired) electrons. The lowest BCUT2D eigenvalue weighted by Crippen LogP contribution is -2.00. The quantitative estimate of drug-likeness (QED) is 0.361. The van der Waals surface area contributed by atoms with Crippen molar-refractivity contribution in [2.24, 2.45) is 0 Å². The summed E-state index contributed by atoms with van der Waals surface area (Å²) in [5, 5.41) is 5.70. The lowest BCUT2D eigenvalue weighted by molar-refractivity contribution is 0.414. The van der Waals surface area contributed by atoms with E-state index in [-0.39, 0.29) is 0 Å². The maximum atomic E-state index is 6.29. The summed E-state index contributed by atoms with van der Waals surface area (Å²) in [6.45, 7) is 2.15. The van der Waals surface area contributed by atoms with Crippen molar-refractivity contribution in [1.82, 2.24) is 9.78 Å². The Morgan fingerprint density at radius 3 is 1.97 bits per heavy atom. The van der Waals surface area contributed by atoms with Crippen LogP contribution in [0.3, 0.4) is 0 Å². The zero-order chi connectivity index (χ0) is 21.1. The summed E-state index contributed by atoms with van der Waals surface area (Å²) in [5.74, 6) is 1.64. The van der Waals surface area contributed by atoms with Crippen LogP contribution in [-0.4, -0.2) is 24.0 Å². The number of nitrogens with zero attached hydrogens (tertiary/aromatic N) is 2. The zero-order valence-electron chi connectivity index (χ0n) is 17.2. The van der Waals surface area contributed by atoms with Gasteiger partial charge in [-0.2, -0.15) is 5.10 Å². The highest BCUT2D eigenvalue weighted by Gasteiger charge is 2.20. The van der Waals surface area contributed by atoms with Gasteiger partial charge in [0.25, 0.3) is 0 Å². The maximum Gasteiger partial charge on any atom is 0.118 e. The largest absolute Gasteiger partial charge is 0.497 e. The van der Waals surface area contributed by atoms with E-state index < -0.39 is 0 Å². The van der Waals surface area contributed by atoms with E-state index in [1.54, 1.807) is 14.2 Å². The molecule has 0 spiro atoms. The Labute approximate surface area is 181 Å². The number of halogens is 1. The SMILES string of the molecule is CCc1c(-c2ccc(OC)cc2)nn(-c2cccc(Cl)c2)c1-c1ccc(OC)cc1. The van der Waals surface area contributed by atoms with Gasteiger partial charge in [-0.25, -0.2) is 4.68 Å². The first-order chi connectivity index (χ1) is 14.6. The van der Waals surface area contributed by atoms with Crippen molar-refractivity contribution in [3.63, 3.8) is 0 Å². The van der Waals surface area contributed by atoms with Gasteiger partial charge in [-0.05, 0) is 73.2 Å². The number of hydrogen-bond acceptors (Lipinski definition) is 3. The second-order valence-corrected chi connectivity index (χ2v) is 7.31. The topological polar surface area (TPSA) is 36.3 Å². The van der Waals surface area contributed by atoms with E-state index in [2.05, 4.69) is 19.1 Å². The average Bonchev–Trinajstić information content (AvgIpc) is 3.19. The highest BCUT2D eigenvalue weighted by atomic mass is 35.5. The summed E-state index contributed by atoms with van der Waals surface area (Å²) >= 11 is 6.29. The number of rotatable bonds is 6. The second kappa shape index (κ2) is 8.64. The van der Waals surface area contributed by atoms with Gasteiger partial charge in [0.2, 0.25) is 0 Å². The molecule has 5 heteroatoms. The molecule has 0 amide bonds. The number of benzene rings is 3. The van der Waals surface area contributed by atoms with Crippen molar-refractivity contribution in [2.45, 2.75) is 13.3 Å². The third-order valence-electron chi connectivity index (χ3n) is 5.12. The van der Waals surface area contributed by atoms with Crippen LogP contribution in [0.1, 0.15) is 12.5 Å². The lowest BCUT2D eigenvalue weighted by Gasteiger charge is -2.11. The minimum absolute atomic E-state index is 0.674. The molecule has 1 aromatic heterocycles. The highest BCUT2D eigenvalue weighted by Crippen LogP contribution is 2.36. The Hall–Kier alpha value is -3.24. The van der Waals surface area contributed by atoms with Crippen molar-refractivity contribution in [1.29, 1.82) is 0 Å². The van der Waals surface area contributed by atoms with Crippen LogP contribution in [0.2, 0.25) is 5.02 Å². The molecule has 0 atom stereocenters. The molecule has 1 heterocycles. The molecule has 0 aliphatic rings. The monoisotopic (exact) mass is 418 g/mol. The van der Waals surface area contributed by atoms with Crippen LogP contribution in [0.4, 0.5) is 0 Å². The number of hydrogen-bond donors (Lipinski definition) is 0. The third kappa shape index (κ3) is 3.79. The van der Waals surface area contributed by atoms with Crippen LogP contribution in [0.15, 0.2) is 72.8 Å². The molecule has 0 bridgehead atoms. The molecule has 0 fully saturated rings. The van der Waals surface area contributed by atoms with E-state index in [9.17, 15) is 0 Å². The summed E-state index contributed by atoms with van der Waals surface area (Å²) in [4.78, 5) is 0. The molecule has 4 nitrogen and oxygen atoms in total. The van der Waals surface area contributed by atoms with Crippen LogP contribution in [0, 0.1) is 0 Å². The van der Waals surface area contributed by atoms with Gasteiger partial charge in [-0.3, -0.25) is 0 Å². The Morgan fingerprint density at radius 1 is 0.833 bits per heavy atom. The van der Waals surface area contributed by atoms with Gasteiger partial charge in [0.15, 0.2) is 0 Å². The number of methoxy groups -OCH3 is 2. The number of aromatic nitrogens is 2. The molecule has 3 aromatic carbocycles. The van der Waals surface area contributed by atoms with E-state index >= 15 is 0 Å². The fraction of sp³-hybridized carbons (Fsp3) is 0.160. The first-order valence-electron chi connectivity index (χ1n) is 9.81. The van der Waals surface area contributed by atoms with Gasteiger partial charge in [0.1, 0.15) is 11.5 Å². The summed E-state index contributed by atoms with van der Waals surface area (Å²) in [7, 11) is 3.34. The standard InChI is InChI=1S/C25H23ClN2O2/c1-4-23-24(17-8-12-21(29-2)13-9-17)27-28(20-7-5-6-19(26)16-20)25(23)18-10-14-22(30-3)15-11-18/h5-16H,4H2,1-3H3. The molecule has 0 N–H and O–H groups in total. The summed E-state index contributed by atoms with van der Waals surface area (Å²) in [5.41, 5.74) is 6.20. The fourth-order valence-corrected chi connectivity index (χ4v) is 3.79. The molecule has 4 aromatic rings. The van der Waals surface area contributed by atoms with Crippen LogP contribution >= 0.6 is 11.6 Å². The molecule has 0 saturated carbocycles. The molecular formula is C25H23ClN2O2. The lowest BCUT2D eigenvalue weighted by atomic mass is 9.99. The molecular weight excluding hydrogens is 396 g/mol.